The summed E-state index contributed by atoms with van der Waals surface area (Å²) < 4.78 is 38.1. The van der Waals surface area contributed by atoms with Gasteiger partial charge in [-0.3, -0.25) is 14.6 Å². The number of aliphatic hydroxyl groups is 1. The van der Waals surface area contributed by atoms with Crippen LogP contribution >= 0.6 is 15.9 Å². The number of anilines is 1. The van der Waals surface area contributed by atoms with E-state index in [9.17, 15) is 27.9 Å². The van der Waals surface area contributed by atoms with E-state index in [2.05, 4.69) is 26.2 Å². The third-order valence-corrected chi connectivity index (χ3v) is 5.40. The molecule has 1 saturated heterocycles. The standard InChI is InChI=1S/C20H22BrN3O4.C2HF3O2/c21-15-1-3-17(4-2-15)28-13-18(25)20(27)24-11-7-14(8-12-24)19(26)23-16-5-9-22-10-6-16;3-2(4,5)1(6)7/h1-6,9-10,14,18,25H,7-8,11-13H2,(H,22,23,26);(H,6,7)/t18-;/m0./s1. The van der Waals surface area contributed by atoms with Crippen LogP contribution < -0.4 is 10.1 Å². The van der Waals surface area contributed by atoms with Gasteiger partial charge >= 0.3 is 12.1 Å². The molecule has 2 amide bonds. The number of hydrogen-bond donors (Lipinski definition) is 3. The second kappa shape index (κ2) is 13.0. The lowest BCUT2D eigenvalue weighted by Crippen LogP contribution is -2.47. The normalized spacial score (nSPS) is 14.8. The number of nitrogens with zero attached hydrogens (tertiary/aromatic N) is 2. The quantitative estimate of drug-likeness (QED) is 0.494. The van der Waals surface area contributed by atoms with Crippen molar-refractivity contribution in [2.45, 2.75) is 25.1 Å². The number of ether oxygens (including phenoxy) is 1. The van der Waals surface area contributed by atoms with Gasteiger partial charge in [-0.05, 0) is 49.2 Å². The molecule has 1 aliphatic rings. The van der Waals surface area contributed by atoms with Crippen LogP contribution in [0.4, 0.5) is 18.9 Å². The van der Waals surface area contributed by atoms with Gasteiger partial charge in [-0.2, -0.15) is 13.2 Å². The minimum Gasteiger partial charge on any atom is -0.490 e. The highest BCUT2D eigenvalue weighted by Crippen LogP contribution is 2.21. The predicted molar refractivity (Wildman–Crippen MR) is 122 cm³/mol. The van der Waals surface area contributed by atoms with Crippen LogP contribution in [0.25, 0.3) is 0 Å². The summed E-state index contributed by atoms with van der Waals surface area (Å²) in [6.07, 6.45) is -1.96. The van der Waals surface area contributed by atoms with Crippen molar-refractivity contribution >= 4 is 39.4 Å². The second-order valence-electron chi connectivity index (χ2n) is 7.41. The monoisotopic (exact) mass is 561 g/mol. The first-order chi connectivity index (χ1) is 16.5. The number of piperidine rings is 1. The number of aromatic nitrogens is 1. The van der Waals surface area contributed by atoms with E-state index in [-0.39, 0.29) is 24.3 Å². The van der Waals surface area contributed by atoms with E-state index in [4.69, 9.17) is 14.6 Å². The second-order valence-corrected chi connectivity index (χ2v) is 8.32. The molecule has 0 saturated carbocycles. The Labute approximate surface area is 207 Å². The number of aliphatic hydroxyl groups excluding tert-OH is 1. The number of pyridine rings is 1. The van der Waals surface area contributed by atoms with Crippen molar-refractivity contribution in [2.24, 2.45) is 5.92 Å². The third kappa shape index (κ3) is 9.53. The number of carbonyl (C=O) groups is 3. The highest BCUT2D eigenvalue weighted by atomic mass is 79.9. The van der Waals surface area contributed by atoms with E-state index in [1.165, 1.54) is 0 Å². The Kier molecular flexibility index (Phi) is 10.5. The molecule has 0 radical (unpaired) electrons. The minimum absolute atomic E-state index is 0.0579. The first kappa shape index (κ1) is 28.1. The number of hydrogen-bond acceptors (Lipinski definition) is 6. The van der Waals surface area contributed by atoms with Crippen molar-refractivity contribution < 1.29 is 42.5 Å². The molecule has 0 bridgehead atoms. The van der Waals surface area contributed by atoms with Crippen molar-refractivity contribution in [3.05, 3.63) is 53.3 Å². The predicted octanol–water partition coefficient (Wildman–Crippen LogP) is 3.09. The van der Waals surface area contributed by atoms with Gasteiger partial charge in [0.05, 0.1) is 0 Å². The van der Waals surface area contributed by atoms with Gasteiger partial charge in [0.1, 0.15) is 12.4 Å². The number of carbonyl (C=O) groups excluding carboxylic acids is 2. The lowest BCUT2D eigenvalue weighted by atomic mass is 9.95. The van der Waals surface area contributed by atoms with Gasteiger partial charge in [-0.15, -0.1) is 0 Å². The fraction of sp³-hybridized carbons (Fsp3) is 0.364. The summed E-state index contributed by atoms with van der Waals surface area (Å²) in [6, 6.07) is 10.6. The number of alkyl halides is 3. The van der Waals surface area contributed by atoms with Crippen LogP contribution in [0, 0.1) is 5.92 Å². The van der Waals surface area contributed by atoms with Crippen LogP contribution in [-0.2, 0) is 14.4 Å². The van der Waals surface area contributed by atoms with Crippen LogP contribution in [0.1, 0.15) is 12.8 Å². The number of carboxylic acids is 1. The molecule has 35 heavy (non-hydrogen) atoms. The van der Waals surface area contributed by atoms with Crippen molar-refractivity contribution in [1.29, 1.82) is 0 Å². The lowest BCUT2D eigenvalue weighted by molar-refractivity contribution is -0.192. The van der Waals surface area contributed by atoms with Gasteiger partial charge in [0.15, 0.2) is 6.10 Å². The summed E-state index contributed by atoms with van der Waals surface area (Å²) in [4.78, 5) is 39.2. The topological polar surface area (TPSA) is 129 Å². The van der Waals surface area contributed by atoms with Crippen molar-refractivity contribution in [3.8, 4) is 5.75 Å². The van der Waals surface area contributed by atoms with Crippen LogP contribution in [0.5, 0.6) is 5.75 Å². The van der Waals surface area contributed by atoms with E-state index >= 15 is 0 Å². The SMILES string of the molecule is O=C(Nc1ccncc1)C1CCN(C(=O)[C@@H](O)COc2ccc(Br)cc2)CC1.O=C(O)C(F)(F)F. The zero-order chi connectivity index (χ0) is 26.0. The molecule has 3 N–H and O–H groups in total. The molecule has 190 valence electrons. The van der Waals surface area contributed by atoms with Gasteiger partial charge in [-0.1, -0.05) is 15.9 Å². The minimum atomic E-state index is -5.08. The van der Waals surface area contributed by atoms with E-state index in [0.29, 0.717) is 37.4 Å². The summed E-state index contributed by atoms with van der Waals surface area (Å²) in [7, 11) is 0. The molecular formula is C22H23BrF3N3O6. The number of aliphatic carboxylic acids is 1. The molecule has 2 aromatic rings. The summed E-state index contributed by atoms with van der Waals surface area (Å²) in [5, 5.41) is 20.1. The zero-order valence-electron chi connectivity index (χ0n) is 18.2. The molecule has 0 unspecified atom stereocenters. The number of nitrogens with one attached hydrogen (secondary N) is 1. The highest BCUT2D eigenvalue weighted by Gasteiger charge is 2.38. The zero-order valence-corrected chi connectivity index (χ0v) is 19.8. The van der Waals surface area contributed by atoms with Crippen molar-refractivity contribution in [3.63, 3.8) is 0 Å². The van der Waals surface area contributed by atoms with Crippen molar-refractivity contribution in [1.82, 2.24) is 9.88 Å². The Morgan fingerprint density at radius 2 is 1.66 bits per heavy atom. The average molecular weight is 562 g/mol. The summed E-state index contributed by atoms with van der Waals surface area (Å²) in [5.41, 5.74) is 0.707. The van der Waals surface area contributed by atoms with Gasteiger partial charge in [-0.25, -0.2) is 4.79 Å². The Morgan fingerprint density at radius 1 is 1.11 bits per heavy atom. The number of benzene rings is 1. The lowest BCUT2D eigenvalue weighted by Gasteiger charge is -2.32. The Morgan fingerprint density at radius 3 is 2.17 bits per heavy atom. The van der Waals surface area contributed by atoms with Crippen LogP contribution in [0.15, 0.2) is 53.3 Å². The number of likely N-dealkylation sites (tertiary alicyclic amines) is 1. The molecule has 1 aromatic carbocycles. The number of carboxylic acid groups (broad SMARTS) is 1. The van der Waals surface area contributed by atoms with Crippen LogP contribution in [0.3, 0.4) is 0 Å². The summed E-state index contributed by atoms with van der Waals surface area (Å²) in [6.45, 7) is 0.758. The Hall–Kier alpha value is -3.19. The van der Waals surface area contributed by atoms with Crippen LogP contribution in [0.2, 0.25) is 0 Å². The van der Waals surface area contributed by atoms with Crippen LogP contribution in [-0.4, -0.2) is 69.9 Å². The van der Waals surface area contributed by atoms with Gasteiger partial charge in [0.2, 0.25) is 5.91 Å². The smallest absolute Gasteiger partial charge is 0.490 e. The van der Waals surface area contributed by atoms with E-state index in [1.807, 2.05) is 12.1 Å². The first-order valence-corrected chi connectivity index (χ1v) is 11.1. The first-order valence-electron chi connectivity index (χ1n) is 10.3. The van der Waals surface area contributed by atoms with E-state index in [1.54, 1.807) is 41.6 Å². The van der Waals surface area contributed by atoms with E-state index in [0.717, 1.165) is 4.47 Å². The number of rotatable bonds is 6. The molecule has 3 rings (SSSR count). The van der Waals surface area contributed by atoms with Gasteiger partial charge in [0.25, 0.3) is 5.91 Å². The van der Waals surface area contributed by atoms with Gasteiger partial charge < -0.3 is 25.2 Å². The third-order valence-electron chi connectivity index (χ3n) is 4.87. The number of halogens is 4. The maximum atomic E-state index is 12.4. The molecule has 1 fully saturated rings. The van der Waals surface area contributed by atoms with Crippen molar-refractivity contribution in [2.75, 3.05) is 25.0 Å². The fourth-order valence-electron chi connectivity index (χ4n) is 3.03. The maximum Gasteiger partial charge on any atom is 0.490 e. The molecular weight excluding hydrogens is 539 g/mol. The Balaban J connectivity index is 0.000000540. The summed E-state index contributed by atoms with van der Waals surface area (Å²) >= 11 is 3.34. The molecule has 0 spiro atoms. The molecule has 2 heterocycles. The largest absolute Gasteiger partial charge is 0.490 e. The molecule has 13 heteroatoms. The Bertz CT molecular complexity index is 984. The molecule has 1 aliphatic heterocycles. The molecule has 1 atom stereocenters. The molecule has 0 aliphatic carbocycles. The molecule has 9 nitrogen and oxygen atoms in total. The highest BCUT2D eigenvalue weighted by molar-refractivity contribution is 9.10. The van der Waals surface area contributed by atoms with E-state index < -0.39 is 18.2 Å². The fourth-order valence-corrected chi connectivity index (χ4v) is 3.29. The van der Waals surface area contributed by atoms with Gasteiger partial charge in [0, 0.05) is 41.6 Å². The number of amides is 2. The molecule has 1 aromatic heterocycles. The maximum absolute atomic E-state index is 12.4. The average Bonchev–Trinajstić information content (AvgIpc) is 2.83. The summed E-state index contributed by atoms with van der Waals surface area (Å²) in [5.74, 6) is -2.76.